The van der Waals surface area contributed by atoms with Crippen LogP contribution in [0.25, 0.3) is 0 Å². The SMILES string of the molecule is CC(=O)O.NCc1nnc(SCc2cscn2)n1Cc1ccccc1. The Kier molecular flexibility index (Phi) is 7.58. The second-order valence-electron chi connectivity index (χ2n) is 4.96. The Morgan fingerprint density at radius 2 is 2.04 bits per heavy atom. The summed E-state index contributed by atoms with van der Waals surface area (Å²) in [5.74, 6) is 0.765. The van der Waals surface area contributed by atoms with E-state index >= 15 is 0 Å². The second-order valence-corrected chi connectivity index (χ2v) is 6.62. The Morgan fingerprint density at radius 3 is 2.64 bits per heavy atom. The zero-order valence-electron chi connectivity index (χ0n) is 13.7. The molecule has 0 unspecified atom stereocenters. The van der Waals surface area contributed by atoms with E-state index < -0.39 is 5.97 Å². The van der Waals surface area contributed by atoms with E-state index in [4.69, 9.17) is 15.6 Å². The fourth-order valence-corrected chi connectivity index (χ4v) is 3.47. The minimum absolute atomic E-state index is 0.386. The molecule has 0 aliphatic carbocycles. The summed E-state index contributed by atoms with van der Waals surface area (Å²) in [5.41, 5.74) is 9.88. The van der Waals surface area contributed by atoms with Gasteiger partial charge in [-0.25, -0.2) is 4.98 Å². The molecule has 7 nitrogen and oxygen atoms in total. The topological polar surface area (TPSA) is 107 Å². The lowest BCUT2D eigenvalue weighted by molar-refractivity contribution is -0.134. The monoisotopic (exact) mass is 377 g/mol. The summed E-state index contributed by atoms with van der Waals surface area (Å²) in [6.45, 7) is 2.21. The molecule has 1 aromatic carbocycles. The number of aromatic nitrogens is 4. The van der Waals surface area contributed by atoms with Crippen LogP contribution in [-0.4, -0.2) is 30.8 Å². The number of carboxylic acid groups (broad SMARTS) is 1. The number of nitrogens with zero attached hydrogens (tertiary/aromatic N) is 4. The number of carbonyl (C=O) groups is 1. The molecule has 3 N–H and O–H groups in total. The maximum absolute atomic E-state index is 9.00. The number of nitrogens with two attached hydrogens (primary N) is 1. The molecule has 132 valence electrons. The van der Waals surface area contributed by atoms with Crippen molar-refractivity contribution in [3.05, 3.63) is 58.3 Å². The second kappa shape index (κ2) is 9.92. The molecule has 3 rings (SSSR count). The van der Waals surface area contributed by atoms with E-state index in [1.54, 1.807) is 23.1 Å². The Labute approximate surface area is 153 Å². The Balaban J connectivity index is 0.000000511. The van der Waals surface area contributed by atoms with Gasteiger partial charge in [0.1, 0.15) is 5.82 Å². The summed E-state index contributed by atoms with van der Waals surface area (Å²) in [4.78, 5) is 13.3. The van der Waals surface area contributed by atoms with Crippen molar-refractivity contribution < 1.29 is 9.90 Å². The molecule has 0 fully saturated rings. The van der Waals surface area contributed by atoms with Crippen molar-refractivity contribution >= 4 is 29.1 Å². The lowest BCUT2D eigenvalue weighted by Gasteiger charge is -2.09. The summed E-state index contributed by atoms with van der Waals surface area (Å²) >= 11 is 3.24. The highest BCUT2D eigenvalue weighted by molar-refractivity contribution is 7.98. The number of thioether (sulfide) groups is 1. The van der Waals surface area contributed by atoms with Gasteiger partial charge in [0.05, 0.1) is 24.3 Å². The summed E-state index contributed by atoms with van der Waals surface area (Å²) in [7, 11) is 0. The van der Waals surface area contributed by atoms with Crippen molar-refractivity contribution in [1.29, 1.82) is 0 Å². The molecular weight excluding hydrogens is 358 g/mol. The Morgan fingerprint density at radius 1 is 1.32 bits per heavy atom. The number of rotatable bonds is 6. The van der Waals surface area contributed by atoms with Crippen molar-refractivity contribution in [3.63, 3.8) is 0 Å². The van der Waals surface area contributed by atoms with E-state index in [-0.39, 0.29) is 0 Å². The molecule has 0 spiro atoms. The zero-order valence-corrected chi connectivity index (χ0v) is 15.3. The van der Waals surface area contributed by atoms with Gasteiger partial charge in [0.25, 0.3) is 5.97 Å². The van der Waals surface area contributed by atoms with Gasteiger partial charge in [-0.2, -0.15) is 0 Å². The predicted octanol–water partition coefficient (Wildman–Crippen LogP) is 2.62. The molecule has 0 aliphatic heterocycles. The van der Waals surface area contributed by atoms with Crippen LogP contribution in [-0.2, 0) is 23.6 Å². The number of carboxylic acids is 1. The third-order valence-electron chi connectivity index (χ3n) is 2.99. The van der Waals surface area contributed by atoms with Gasteiger partial charge in [0.2, 0.25) is 0 Å². The van der Waals surface area contributed by atoms with Crippen molar-refractivity contribution in [2.45, 2.75) is 30.9 Å². The van der Waals surface area contributed by atoms with Gasteiger partial charge in [-0.05, 0) is 5.56 Å². The molecule has 25 heavy (non-hydrogen) atoms. The van der Waals surface area contributed by atoms with Crippen LogP contribution in [0.15, 0.2) is 46.4 Å². The molecule has 3 aromatic rings. The van der Waals surface area contributed by atoms with E-state index in [9.17, 15) is 0 Å². The first-order valence-electron chi connectivity index (χ1n) is 7.45. The maximum atomic E-state index is 9.00. The first-order valence-corrected chi connectivity index (χ1v) is 9.38. The number of benzene rings is 1. The van der Waals surface area contributed by atoms with Crippen LogP contribution in [0, 0.1) is 0 Å². The summed E-state index contributed by atoms with van der Waals surface area (Å²) in [6.07, 6.45) is 0. The molecule has 2 aromatic heterocycles. The van der Waals surface area contributed by atoms with E-state index in [0.717, 1.165) is 35.9 Å². The van der Waals surface area contributed by atoms with Crippen LogP contribution in [0.3, 0.4) is 0 Å². The van der Waals surface area contributed by atoms with Crippen LogP contribution >= 0.6 is 23.1 Å². The lowest BCUT2D eigenvalue weighted by atomic mass is 10.2. The zero-order chi connectivity index (χ0) is 18.1. The molecule has 9 heteroatoms. The number of aliphatic carboxylic acids is 1. The highest BCUT2D eigenvalue weighted by Gasteiger charge is 2.12. The average Bonchev–Trinajstić information content (AvgIpc) is 3.23. The molecular formula is C16H19N5O2S2. The van der Waals surface area contributed by atoms with Crippen LogP contribution in [0.2, 0.25) is 0 Å². The molecule has 2 heterocycles. The van der Waals surface area contributed by atoms with Crippen molar-refractivity contribution in [3.8, 4) is 0 Å². The van der Waals surface area contributed by atoms with Gasteiger partial charge < -0.3 is 15.4 Å². The van der Waals surface area contributed by atoms with E-state index in [2.05, 4.69) is 37.3 Å². The van der Waals surface area contributed by atoms with Crippen LogP contribution in [0.5, 0.6) is 0 Å². The molecule has 0 saturated heterocycles. The van der Waals surface area contributed by atoms with E-state index in [0.29, 0.717) is 6.54 Å². The smallest absolute Gasteiger partial charge is 0.300 e. The fourth-order valence-electron chi connectivity index (χ4n) is 1.95. The van der Waals surface area contributed by atoms with Crippen LogP contribution < -0.4 is 5.73 Å². The molecule has 0 aliphatic rings. The molecule has 0 radical (unpaired) electrons. The van der Waals surface area contributed by atoms with Gasteiger partial charge in [0.15, 0.2) is 5.16 Å². The van der Waals surface area contributed by atoms with E-state index in [1.807, 2.05) is 23.7 Å². The van der Waals surface area contributed by atoms with Gasteiger partial charge in [0, 0.05) is 18.1 Å². The van der Waals surface area contributed by atoms with Crippen molar-refractivity contribution in [1.82, 2.24) is 19.7 Å². The Hall–Kier alpha value is -2.23. The molecule has 0 atom stereocenters. The number of hydrogen-bond acceptors (Lipinski definition) is 7. The van der Waals surface area contributed by atoms with Gasteiger partial charge >= 0.3 is 0 Å². The predicted molar refractivity (Wildman–Crippen MR) is 98.4 cm³/mol. The van der Waals surface area contributed by atoms with Crippen LogP contribution in [0.4, 0.5) is 0 Å². The third-order valence-corrected chi connectivity index (χ3v) is 4.63. The normalized spacial score (nSPS) is 10.2. The minimum Gasteiger partial charge on any atom is -0.481 e. The number of hydrogen-bond donors (Lipinski definition) is 2. The maximum Gasteiger partial charge on any atom is 0.300 e. The molecule has 0 saturated carbocycles. The summed E-state index contributed by atoms with van der Waals surface area (Å²) < 4.78 is 2.08. The highest BCUT2D eigenvalue weighted by atomic mass is 32.2. The number of thiazole rings is 1. The first-order chi connectivity index (χ1) is 12.1. The van der Waals surface area contributed by atoms with Crippen molar-refractivity contribution in [2.24, 2.45) is 5.73 Å². The quantitative estimate of drug-likeness (QED) is 0.636. The third kappa shape index (κ3) is 6.29. The van der Waals surface area contributed by atoms with Crippen molar-refractivity contribution in [2.75, 3.05) is 0 Å². The van der Waals surface area contributed by atoms with E-state index in [1.165, 1.54) is 5.56 Å². The minimum atomic E-state index is -0.833. The van der Waals surface area contributed by atoms with Gasteiger partial charge in [-0.15, -0.1) is 21.5 Å². The first kappa shape index (κ1) is 19.1. The van der Waals surface area contributed by atoms with Crippen LogP contribution in [0.1, 0.15) is 24.0 Å². The fraction of sp³-hybridized carbons (Fsp3) is 0.250. The molecule has 0 amide bonds. The Bertz CT molecular complexity index is 771. The highest BCUT2D eigenvalue weighted by Crippen LogP contribution is 2.22. The standard InChI is InChI=1S/C14H15N5S2.C2H4O2/c15-6-13-17-18-14(21-9-12-8-20-10-16-12)19(13)7-11-4-2-1-3-5-11;1-2(3)4/h1-5,8,10H,6-7,9,15H2;1H3,(H,3,4). The molecule has 0 bridgehead atoms. The van der Waals surface area contributed by atoms with Gasteiger partial charge in [-0.1, -0.05) is 42.1 Å². The largest absolute Gasteiger partial charge is 0.481 e. The average molecular weight is 377 g/mol. The summed E-state index contributed by atoms with van der Waals surface area (Å²) in [5, 5.41) is 18.8. The lowest BCUT2D eigenvalue weighted by Crippen LogP contribution is -2.10. The summed E-state index contributed by atoms with van der Waals surface area (Å²) in [6, 6.07) is 10.3. The van der Waals surface area contributed by atoms with Gasteiger partial charge in [-0.3, -0.25) is 4.79 Å².